The number of hydrogen-bond donors (Lipinski definition) is 0. The first-order valence-electron chi connectivity index (χ1n) is 14.7. The number of esters is 2. The molecule has 246 valence electrons. The number of halogens is 2. The summed E-state index contributed by atoms with van der Waals surface area (Å²) in [5, 5.41) is 1.09. The molecule has 0 bridgehead atoms. The number of carbonyl (C=O) groups excluding carboxylic acids is 4. The van der Waals surface area contributed by atoms with Crippen LogP contribution in [0.4, 0.5) is 0 Å². The second-order valence-corrected chi connectivity index (χ2v) is 14.2. The Morgan fingerprint density at radius 3 is 2.51 bits per heavy atom. The molecule has 5 rings (SSSR count). The maximum atomic E-state index is 13.8. The number of amides is 1. The summed E-state index contributed by atoms with van der Waals surface area (Å²) in [6, 6.07) is 14.7. The van der Waals surface area contributed by atoms with Gasteiger partial charge in [-0.05, 0) is 65.9 Å². The fourth-order valence-electron chi connectivity index (χ4n) is 5.62. The molecule has 0 N–H and O–H groups in total. The van der Waals surface area contributed by atoms with Crippen molar-refractivity contribution in [3.05, 3.63) is 98.7 Å². The topological polar surface area (TPSA) is 137 Å². The predicted octanol–water partition coefficient (Wildman–Crippen LogP) is 6.23. The number of fused-ring (bicyclic) bond motifs is 2. The molecule has 0 radical (unpaired) electrons. The fraction of sp³-hybridized carbons (Fsp3) is 0.294. The first-order valence-corrected chi connectivity index (χ1v) is 17.3. The Hall–Kier alpha value is -4.19. The van der Waals surface area contributed by atoms with E-state index in [-0.39, 0.29) is 45.8 Å². The summed E-state index contributed by atoms with van der Waals surface area (Å²) in [4.78, 5) is 53.5. The monoisotopic (exact) mass is 699 g/mol. The highest BCUT2D eigenvalue weighted by Crippen LogP contribution is 2.36. The lowest BCUT2D eigenvalue weighted by Crippen LogP contribution is -2.36. The van der Waals surface area contributed by atoms with Gasteiger partial charge < -0.3 is 18.8 Å². The van der Waals surface area contributed by atoms with Crippen LogP contribution in [-0.4, -0.2) is 56.0 Å². The molecule has 4 aromatic rings. The van der Waals surface area contributed by atoms with E-state index in [1.807, 2.05) is 12.1 Å². The Balaban J connectivity index is 1.38. The Bertz CT molecular complexity index is 2000. The normalized spacial score (nSPS) is 14.3. The Kier molecular flexibility index (Phi) is 10.1. The molecule has 2 heterocycles. The fourth-order valence-corrected chi connectivity index (χ4v) is 7.12. The third-order valence-electron chi connectivity index (χ3n) is 7.86. The molecule has 13 heteroatoms. The van der Waals surface area contributed by atoms with Gasteiger partial charge in [0.2, 0.25) is 6.29 Å². The van der Waals surface area contributed by atoms with Gasteiger partial charge in [0, 0.05) is 50.6 Å². The van der Waals surface area contributed by atoms with Crippen molar-refractivity contribution in [3.63, 3.8) is 0 Å². The number of benzene rings is 3. The lowest BCUT2D eigenvalue weighted by atomic mass is 9.89. The van der Waals surface area contributed by atoms with Gasteiger partial charge in [-0.1, -0.05) is 41.4 Å². The quantitative estimate of drug-likeness (QED) is 0.107. The maximum Gasteiger partial charge on any atom is 0.312 e. The molecular weight excluding hydrogens is 669 g/mol. The zero-order valence-corrected chi connectivity index (χ0v) is 28.1. The molecule has 1 aliphatic heterocycles. The van der Waals surface area contributed by atoms with Crippen LogP contribution in [0, 0.1) is 5.92 Å². The van der Waals surface area contributed by atoms with Crippen molar-refractivity contribution in [3.8, 4) is 0 Å². The molecule has 10 nitrogen and oxygen atoms in total. The standard InChI is InChI=1S/C34H31Cl2NO9S/c1-19(38)45-20(2)46-34(41)24(13-21-5-4-6-26(14-21)47(3,42)43)16-29(39)31-28(35)15-25-18-37(11-9-27(25)32(31)36)33(40)23-8-7-22-10-12-44-30(22)17-23/h4-8,10,12,14-15,17,20,24H,9,11,13,16,18H2,1-3H3/t20?,24-/m1/s1. The average molecular weight is 701 g/mol. The van der Waals surface area contributed by atoms with Crippen LogP contribution in [0.5, 0.6) is 0 Å². The van der Waals surface area contributed by atoms with Gasteiger partial charge >= 0.3 is 11.9 Å². The minimum absolute atomic E-state index is 0.0332. The molecular formula is C34H31Cl2NO9S. The molecule has 47 heavy (non-hydrogen) atoms. The SMILES string of the molecule is CC(=O)OC(C)OC(=O)[C@@H](CC(=O)c1c(Cl)cc2c(c1Cl)CCN(C(=O)c1ccc3ccoc3c1)C2)Cc1cccc(S(C)(=O)=O)c1. The number of Topliss-reactive ketones (excluding diaryl/α,β-unsaturated/α-hetero) is 1. The minimum Gasteiger partial charge on any atom is -0.464 e. The number of rotatable bonds is 10. The molecule has 3 aromatic carbocycles. The second-order valence-electron chi connectivity index (χ2n) is 11.4. The van der Waals surface area contributed by atoms with E-state index in [1.54, 1.807) is 35.4 Å². The van der Waals surface area contributed by atoms with Crippen molar-refractivity contribution < 1.29 is 41.5 Å². The lowest BCUT2D eigenvalue weighted by Gasteiger charge is -2.30. The van der Waals surface area contributed by atoms with E-state index in [2.05, 4.69) is 0 Å². The van der Waals surface area contributed by atoms with Crippen molar-refractivity contribution in [2.75, 3.05) is 12.8 Å². The van der Waals surface area contributed by atoms with E-state index in [1.165, 1.54) is 25.1 Å². The number of ketones is 1. The van der Waals surface area contributed by atoms with Crippen molar-refractivity contribution in [2.24, 2.45) is 5.92 Å². The van der Waals surface area contributed by atoms with E-state index >= 15 is 0 Å². The lowest BCUT2D eigenvalue weighted by molar-refractivity contribution is -0.186. The van der Waals surface area contributed by atoms with Crippen LogP contribution < -0.4 is 0 Å². The van der Waals surface area contributed by atoms with Gasteiger partial charge in [0.15, 0.2) is 15.6 Å². The second kappa shape index (κ2) is 13.9. The number of furan rings is 1. The van der Waals surface area contributed by atoms with E-state index in [0.717, 1.165) is 18.6 Å². The Labute approximate surface area is 281 Å². The summed E-state index contributed by atoms with van der Waals surface area (Å²) in [5.41, 5.74) is 2.95. The summed E-state index contributed by atoms with van der Waals surface area (Å²) >= 11 is 13.4. The number of hydrogen-bond acceptors (Lipinski definition) is 9. The molecule has 2 atom stereocenters. The van der Waals surface area contributed by atoms with Crippen molar-refractivity contribution >= 4 is 67.6 Å². The van der Waals surface area contributed by atoms with Gasteiger partial charge in [0.25, 0.3) is 5.91 Å². The highest BCUT2D eigenvalue weighted by molar-refractivity contribution is 7.90. The summed E-state index contributed by atoms with van der Waals surface area (Å²) in [6.07, 6.45) is 1.34. The number of nitrogens with zero attached hydrogens (tertiary/aromatic N) is 1. The molecule has 1 aromatic heterocycles. The predicted molar refractivity (Wildman–Crippen MR) is 174 cm³/mol. The largest absolute Gasteiger partial charge is 0.464 e. The maximum absolute atomic E-state index is 13.8. The molecule has 1 aliphatic rings. The zero-order valence-electron chi connectivity index (χ0n) is 25.7. The van der Waals surface area contributed by atoms with Gasteiger partial charge in [0.1, 0.15) is 5.58 Å². The van der Waals surface area contributed by atoms with Crippen molar-refractivity contribution in [1.82, 2.24) is 4.90 Å². The third kappa shape index (κ3) is 7.86. The van der Waals surface area contributed by atoms with Crippen LogP contribution in [0.25, 0.3) is 11.0 Å². The van der Waals surface area contributed by atoms with E-state index in [0.29, 0.717) is 40.8 Å². The van der Waals surface area contributed by atoms with Crippen LogP contribution in [0.3, 0.4) is 0 Å². The highest BCUT2D eigenvalue weighted by atomic mass is 35.5. The molecule has 1 unspecified atom stereocenters. The van der Waals surface area contributed by atoms with Gasteiger partial charge in [0.05, 0.1) is 32.7 Å². The molecule has 0 aliphatic carbocycles. The first-order chi connectivity index (χ1) is 22.2. The number of ether oxygens (including phenoxy) is 2. The molecule has 0 fully saturated rings. The molecule has 0 spiro atoms. The van der Waals surface area contributed by atoms with E-state index < -0.39 is 39.8 Å². The Morgan fingerprint density at radius 2 is 1.79 bits per heavy atom. The zero-order chi connectivity index (χ0) is 34.0. The van der Waals surface area contributed by atoms with E-state index in [4.69, 9.17) is 37.1 Å². The molecule has 0 saturated carbocycles. The molecule has 1 amide bonds. The third-order valence-corrected chi connectivity index (χ3v) is 9.69. The summed E-state index contributed by atoms with van der Waals surface area (Å²) in [6.45, 7) is 3.09. The highest BCUT2D eigenvalue weighted by Gasteiger charge is 2.32. The first kappa shape index (κ1) is 34.2. The summed E-state index contributed by atoms with van der Waals surface area (Å²) in [5.74, 6) is -3.31. The smallest absolute Gasteiger partial charge is 0.312 e. The van der Waals surface area contributed by atoms with Crippen LogP contribution in [0.1, 0.15) is 57.7 Å². The minimum atomic E-state index is -3.54. The number of sulfone groups is 1. The number of carbonyl (C=O) groups is 4. The van der Waals surface area contributed by atoms with Crippen LogP contribution in [-0.2, 0) is 48.3 Å². The van der Waals surface area contributed by atoms with Crippen molar-refractivity contribution in [1.29, 1.82) is 0 Å². The molecule has 0 saturated heterocycles. The van der Waals surface area contributed by atoms with Crippen LogP contribution >= 0.6 is 23.2 Å². The van der Waals surface area contributed by atoms with Gasteiger partial charge in [-0.25, -0.2) is 8.42 Å². The van der Waals surface area contributed by atoms with Crippen LogP contribution in [0.15, 0.2) is 70.2 Å². The van der Waals surface area contributed by atoms with Gasteiger partial charge in [-0.15, -0.1) is 0 Å². The Morgan fingerprint density at radius 1 is 1.02 bits per heavy atom. The van der Waals surface area contributed by atoms with E-state index in [9.17, 15) is 27.6 Å². The van der Waals surface area contributed by atoms with Gasteiger partial charge in [-0.2, -0.15) is 0 Å². The summed E-state index contributed by atoms with van der Waals surface area (Å²) < 4.78 is 39.9. The average Bonchev–Trinajstić information content (AvgIpc) is 3.47. The summed E-state index contributed by atoms with van der Waals surface area (Å²) in [7, 11) is -3.54. The van der Waals surface area contributed by atoms with Crippen LogP contribution in [0.2, 0.25) is 10.0 Å². The van der Waals surface area contributed by atoms with Gasteiger partial charge in [-0.3, -0.25) is 19.2 Å². The van der Waals surface area contributed by atoms with Crippen molar-refractivity contribution in [2.45, 2.75) is 50.8 Å².